The van der Waals surface area contributed by atoms with Crippen molar-refractivity contribution < 1.29 is 9.53 Å². The third-order valence-corrected chi connectivity index (χ3v) is 8.89. The van der Waals surface area contributed by atoms with Crippen molar-refractivity contribution in [2.24, 2.45) is 5.92 Å². The highest BCUT2D eigenvalue weighted by Gasteiger charge is 2.32. The Balaban J connectivity index is 1.12. The van der Waals surface area contributed by atoms with Crippen molar-refractivity contribution in [2.45, 2.75) is 58.7 Å². The second-order valence-corrected chi connectivity index (χ2v) is 13.2. The summed E-state index contributed by atoms with van der Waals surface area (Å²) < 4.78 is 5.57. The van der Waals surface area contributed by atoms with Gasteiger partial charge in [-0.25, -0.2) is 4.79 Å². The van der Waals surface area contributed by atoms with Crippen LogP contribution in [-0.2, 0) is 17.7 Å². The maximum atomic E-state index is 12.5. The molecule has 1 aromatic heterocycles. The summed E-state index contributed by atoms with van der Waals surface area (Å²) >= 11 is 0. The number of carbonyl (C=O) groups excluding carboxylic acids is 1. The minimum Gasteiger partial charge on any atom is -0.444 e. The molecule has 0 aliphatic carbocycles. The minimum atomic E-state index is -0.468. The van der Waals surface area contributed by atoms with Crippen LogP contribution in [0, 0.1) is 17.2 Å². The van der Waals surface area contributed by atoms with Gasteiger partial charge in [0.25, 0.3) is 0 Å². The van der Waals surface area contributed by atoms with E-state index in [1.165, 1.54) is 28.9 Å². The van der Waals surface area contributed by atoms with Gasteiger partial charge in [-0.2, -0.15) is 5.26 Å². The van der Waals surface area contributed by atoms with Crippen molar-refractivity contribution >= 4 is 28.4 Å². The number of carbonyl (C=O) groups is 1. The number of ether oxygens (including phenoxy) is 1. The van der Waals surface area contributed by atoms with E-state index in [1.54, 1.807) is 6.20 Å². The SMILES string of the molecule is C[C@H]1CC(N2CCc3cc(N4CCN(C(=O)OC(C)(C)C)CC4)ccc3C2)CN(c2ccc(C#N)c3ncccc23)C1. The molecular formula is C34H42N6O2. The summed E-state index contributed by atoms with van der Waals surface area (Å²) in [4.78, 5) is 26.4. The van der Waals surface area contributed by atoms with Crippen molar-refractivity contribution in [3.05, 3.63) is 65.4 Å². The van der Waals surface area contributed by atoms with Crippen molar-refractivity contribution in [2.75, 3.05) is 55.6 Å². The van der Waals surface area contributed by atoms with Crippen LogP contribution in [0.1, 0.15) is 50.8 Å². The molecule has 1 unspecified atom stereocenters. The Morgan fingerprint density at radius 1 is 1.00 bits per heavy atom. The third kappa shape index (κ3) is 5.89. The first-order valence-corrected chi connectivity index (χ1v) is 15.3. The van der Waals surface area contributed by atoms with Crippen molar-refractivity contribution in [3.63, 3.8) is 0 Å². The van der Waals surface area contributed by atoms with Gasteiger partial charge in [0.05, 0.1) is 11.1 Å². The smallest absolute Gasteiger partial charge is 0.410 e. The number of rotatable bonds is 3. The van der Waals surface area contributed by atoms with E-state index >= 15 is 0 Å². The zero-order chi connectivity index (χ0) is 29.4. The van der Waals surface area contributed by atoms with Crippen molar-refractivity contribution in [3.8, 4) is 6.07 Å². The summed E-state index contributed by atoms with van der Waals surface area (Å²) in [6.07, 6.45) is 3.80. The van der Waals surface area contributed by atoms with Crippen LogP contribution >= 0.6 is 0 Å². The average Bonchev–Trinajstić information content (AvgIpc) is 2.99. The molecule has 220 valence electrons. The minimum absolute atomic E-state index is 0.215. The second kappa shape index (κ2) is 11.4. The molecule has 2 fully saturated rings. The summed E-state index contributed by atoms with van der Waals surface area (Å²) in [5.41, 5.74) is 6.27. The van der Waals surface area contributed by atoms with Gasteiger partial charge >= 0.3 is 6.09 Å². The van der Waals surface area contributed by atoms with Gasteiger partial charge in [0, 0.05) is 81.4 Å². The number of pyridine rings is 1. The number of fused-ring (bicyclic) bond motifs is 2. The molecule has 1 amide bonds. The number of hydrogen-bond acceptors (Lipinski definition) is 7. The molecule has 2 aromatic carbocycles. The number of piperazine rings is 1. The first-order chi connectivity index (χ1) is 20.2. The predicted octanol–water partition coefficient (Wildman–Crippen LogP) is 5.44. The largest absolute Gasteiger partial charge is 0.444 e. The molecule has 2 atom stereocenters. The van der Waals surface area contributed by atoms with E-state index in [1.807, 2.05) is 37.8 Å². The predicted molar refractivity (Wildman–Crippen MR) is 167 cm³/mol. The van der Waals surface area contributed by atoms with Gasteiger partial charge in [-0.3, -0.25) is 9.88 Å². The molecule has 3 aromatic rings. The molecular weight excluding hydrogens is 524 g/mol. The average molecular weight is 567 g/mol. The van der Waals surface area contributed by atoms with Gasteiger partial charge in [-0.05, 0) is 87.1 Å². The molecule has 3 aliphatic rings. The number of aromatic nitrogens is 1. The van der Waals surface area contributed by atoms with E-state index in [2.05, 4.69) is 63.0 Å². The van der Waals surface area contributed by atoms with Crippen LogP contribution in [0.15, 0.2) is 48.7 Å². The number of nitriles is 1. The number of piperidine rings is 1. The van der Waals surface area contributed by atoms with Gasteiger partial charge in [0.15, 0.2) is 0 Å². The monoisotopic (exact) mass is 566 g/mol. The molecule has 0 bridgehead atoms. The van der Waals surface area contributed by atoms with Crippen LogP contribution < -0.4 is 9.80 Å². The molecule has 2 saturated heterocycles. The molecule has 0 spiro atoms. The summed E-state index contributed by atoms with van der Waals surface area (Å²) in [5.74, 6) is 0.578. The summed E-state index contributed by atoms with van der Waals surface area (Å²) in [5, 5.41) is 10.7. The maximum absolute atomic E-state index is 12.5. The fraction of sp³-hybridized carbons (Fsp3) is 0.500. The van der Waals surface area contributed by atoms with E-state index in [0.717, 1.165) is 56.6 Å². The van der Waals surface area contributed by atoms with E-state index in [-0.39, 0.29) is 6.09 Å². The van der Waals surface area contributed by atoms with Crippen LogP contribution in [-0.4, -0.2) is 78.3 Å². The highest BCUT2D eigenvalue weighted by molar-refractivity contribution is 5.95. The van der Waals surface area contributed by atoms with Crippen LogP contribution in [0.4, 0.5) is 16.2 Å². The van der Waals surface area contributed by atoms with E-state index in [9.17, 15) is 10.1 Å². The number of benzene rings is 2. The zero-order valence-corrected chi connectivity index (χ0v) is 25.3. The molecule has 8 heteroatoms. The molecule has 8 nitrogen and oxygen atoms in total. The van der Waals surface area contributed by atoms with Crippen molar-refractivity contribution in [1.29, 1.82) is 5.26 Å². The standard InChI is InChI=1S/C34H42N6O2/c1-24-18-29(23-40(21-24)31-10-8-26(20-35)32-30(31)6-5-12-36-32)39-13-11-25-19-28(9-7-27(25)22-39)37-14-16-38(17-15-37)33(41)42-34(2,3)4/h5-10,12,19,24,29H,11,13-18,21-23H2,1-4H3/t24-,29?/m0/s1. The van der Waals surface area contributed by atoms with Gasteiger partial charge in [-0.1, -0.05) is 13.0 Å². The number of nitrogens with zero attached hydrogens (tertiary/aromatic N) is 6. The molecule has 0 saturated carbocycles. The fourth-order valence-corrected chi connectivity index (χ4v) is 6.85. The third-order valence-electron chi connectivity index (χ3n) is 8.89. The molecule has 0 radical (unpaired) electrons. The van der Waals surface area contributed by atoms with Crippen LogP contribution in [0.5, 0.6) is 0 Å². The summed E-state index contributed by atoms with van der Waals surface area (Å²) in [6, 6.07) is 17.8. The number of amides is 1. The quantitative estimate of drug-likeness (QED) is 0.418. The highest BCUT2D eigenvalue weighted by Crippen LogP contribution is 2.34. The Labute approximate surface area is 249 Å². The lowest BCUT2D eigenvalue weighted by atomic mass is 9.91. The Morgan fingerprint density at radius 3 is 2.57 bits per heavy atom. The lowest BCUT2D eigenvalue weighted by Crippen LogP contribution is -2.52. The van der Waals surface area contributed by atoms with E-state index in [4.69, 9.17) is 4.74 Å². The number of anilines is 2. The Kier molecular flexibility index (Phi) is 7.71. The number of hydrogen-bond donors (Lipinski definition) is 0. The summed E-state index contributed by atoms with van der Waals surface area (Å²) in [7, 11) is 0. The second-order valence-electron chi connectivity index (χ2n) is 13.2. The van der Waals surface area contributed by atoms with Crippen molar-refractivity contribution in [1.82, 2.24) is 14.8 Å². The van der Waals surface area contributed by atoms with E-state index in [0.29, 0.717) is 30.6 Å². The molecule has 4 heterocycles. The topological polar surface area (TPSA) is 75.9 Å². The first-order valence-electron chi connectivity index (χ1n) is 15.3. The van der Waals surface area contributed by atoms with Gasteiger partial charge in [-0.15, -0.1) is 0 Å². The maximum Gasteiger partial charge on any atom is 0.410 e. The highest BCUT2D eigenvalue weighted by atomic mass is 16.6. The Bertz CT molecular complexity index is 1500. The van der Waals surface area contributed by atoms with Crippen LogP contribution in [0.25, 0.3) is 10.9 Å². The molecule has 6 rings (SSSR count). The normalized spacial score (nSPS) is 21.6. The fourth-order valence-electron chi connectivity index (χ4n) is 6.85. The van der Waals surface area contributed by atoms with Crippen LogP contribution in [0.3, 0.4) is 0 Å². The van der Waals surface area contributed by atoms with Gasteiger partial charge in [0.2, 0.25) is 0 Å². The first kappa shape index (κ1) is 28.3. The molecule has 3 aliphatic heterocycles. The van der Waals surface area contributed by atoms with Gasteiger partial charge < -0.3 is 19.4 Å². The Hall–Kier alpha value is -3.83. The summed E-state index contributed by atoms with van der Waals surface area (Å²) in [6.45, 7) is 15.1. The van der Waals surface area contributed by atoms with Gasteiger partial charge in [0.1, 0.15) is 11.7 Å². The molecule has 0 N–H and O–H groups in total. The van der Waals surface area contributed by atoms with Crippen LogP contribution in [0.2, 0.25) is 0 Å². The van der Waals surface area contributed by atoms with E-state index < -0.39 is 5.60 Å². The zero-order valence-electron chi connectivity index (χ0n) is 25.3. The lowest BCUT2D eigenvalue weighted by Gasteiger charge is -2.45. The lowest BCUT2D eigenvalue weighted by molar-refractivity contribution is 0.0240. The Morgan fingerprint density at radius 2 is 1.81 bits per heavy atom. The molecule has 42 heavy (non-hydrogen) atoms.